The number of aromatic nitrogens is 2. The minimum atomic E-state index is -0.509. The molecule has 1 aliphatic rings. The summed E-state index contributed by atoms with van der Waals surface area (Å²) in [5.74, 6) is -0.285. The summed E-state index contributed by atoms with van der Waals surface area (Å²) in [6.45, 7) is 1.75. The summed E-state index contributed by atoms with van der Waals surface area (Å²) >= 11 is 5.74. The summed E-state index contributed by atoms with van der Waals surface area (Å²) in [4.78, 5) is 30.6. The van der Waals surface area contributed by atoms with Gasteiger partial charge in [-0.05, 0) is 19.4 Å². The van der Waals surface area contributed by atoms with Gasteiger partial charge in [0.1, 0.15) is 11.2 Å². The number of nitrogens with one attached hydrogen (secondary N) is 2. The molecular formula is C10H11ClN4O2. The molecule has 90 valence electrons. The van der Waals surface area contributed by atoms with Gasteiger partial charge in [-0.1, -0.05) is 11.6 Å². The SMILES string of the molecule is Cc1cc(Cl)nc(NC(=O)C2CCC(=O)N2)n1. The Kier molecular flexibility index (Phi) is 3.23. The monoisotopic (exact) mass is 254 g/mol. The molecular weight excluding hydrogens is 244 g/mol. The Labute approximate surface area is 103 Å². The molecule has 6 nitrogen and oxygen atoms in total. The van der Waals surface area contributed by atoms with Crippen LogP contribution in [0.1, 0.15) is 18.5 Å². The van der Waals surface area contributed by atoms with Gasteiger partial charge in [0.25, 0.3) is 0 Å². The molecule has 7 heteroatoms. The van der Waals surface area contributed by atoms with Crippen molar-refractivity contribution in [3.8, 4) is 0 Å². The topological polar surface area (TPSA) is 84.0 Å². The molecule has 1 aromatic rings. The predicted octanol–water partition coefficient (Wildman–Crippen LogP) is 0.656. The van der Waals surface area contributed by atoms with Crippen LogP contribution in [-0.2, 0) is 9.59 Å². The van der Waals surface area contributed by atoms with Crippen molar-refractivity contribution in [3.63, 3.8) is 0 Å². The van der Waals surface area contributed by atoms with Crippen LogP contribution < -0.4 is 10.6 Å². The molecule has 0 aromatic carbocycles. The molecule has 2 N–H and O–H groups in total. The van der Waals surface area contributed by atoms with Gasteiger partial charge in [0, 0.05) is 12.1 Å². The third-order valence-corrected chi connectivity index (χ3v) is 2.56. The summed E-state index contributed by atoms with van der Waals surface area (Å²) < 4.78 is 0. The van der Waals surface area contributed by atoms with E-state index in [0.717, 1.165) is 0 Å². The van der Waals surface area contributed by atoms with Crippen molar-refractivity contribution in [3.05, 3.63) is 16.9 Å². The zero-order valence-corrected chi connectivity index (χ0v) is 9.91. The van der Waals surface area contributed by atoms with E-state index in [4.69, 9.17) is 11.6 Å². The molecule has 1 atom stereocenters. The van der Waals surface area contributed by atoms with E-state index in [-0.39, 0.29) is 22.9 Å². The molecule has 17 heavy (non-hydrogen) atoms. The van der Waals surface area contributed by atoms with E-state index < -0.39 is 6.04 Å². The number of amides is 2. The third kappa shape index (κ3) is 2.91. The van der Waals surface area contributed by atoms with Gasteiger partial charge in [0.15, 0.2) is 0 Å². The lowest BCUT2D eigenvalue weighted by Gasteiger charge is -2.09. The van der Waals surface area contributed by atoms with E-state index in [2.05, 4.69) is 20.6 Å². The third-order valence-electron chi connectivity index (χ3n) is 2.37. The highest BCUT2D eigenvalue weighted by atomic mass is 35.5. The van der Waals surface area contributed by atoms with Crippen molar-refractivity contribution in [1.29, 1.82) is 0 Å². The van der Waals surface area contributed by atoms with E-state index in [0.29, 0.717) is 18.5 Å². The number of hydrogen-bond acceptors (Lipinski definition) is 4. The quantitative estimate of drug-likeness (QED) is 0.760. The van der Waals surface area contributed by atoms with Crippen molar-refractivity contribution < 1.29 is 9.59 Å². The van der Waals surface area contributed by atoms with Crippen LogP contribution in [0.4, 0.5) is 5.95 Å². The first-order valence-corrected chi connectivity index (χ1v) is 5.54. The lowest BCUT2D eigenvalue weighted by atomic mass is 10.2. The highest BCUT2D eigenvalue weighted by Crippen LogP contribution is 2.12. The van der Waals surface area contributed by atoms with Crippen molar-refractivity contribution >= 4 is 29.4 Å². The number of hydrogen-bond donors (Lipinski definition) is 2. The Morgan fingerprint density at radius 3 is 2.94 bits per heavy atom. The fourth-order valence-corrected chi connectivity index (χ4v) is 1.83. The van der Waals surface area contributed by atoms with Crippen molar-refractivity contribution in [2.45, 2.75) is 25.8 Å². The average Bonchev–Trinajstić information content (AvgIpc) is 2.63. The smallest absolute Gasteiger partial charge is 0.249 e. The van der Waals surface area contributed by atoms with Gasteiger partial charge >= 0.3 is 0 Å². The first kappa shape index (κ1) is 11.8. The molecule has 2 heterocycles. The van der Waals surface area contributed by atoms with Crippen LogP contribution in [0.25, 0.3) is 0 Å². The molecule has 1 fully saturated rings. The Morgan fingerprint density at radius 2 is 2.35 bits per heavy atom. The Balaban J connectivity index is 2.05. The van der Waals surface area contributed by atoms with Gasteiger partial charge in [-0.2, -0.15) is 0 Å². The largest absolute Gasteiger partial charge is 0.344 e. The lowest BCUT2D eigenvalue weighted by molar-refractivity contribution is -0.122. The van der Waals surface area contributed by atoms with Gasteiger partial charge in [-0.25, -0.2) is 9.97 Å². The van der Waals surface area contributed by atoms with E-state index in [1.54, 1.807) is 13.0 Å². The second-order valence-electron chi connectivity index (χ2n) is 3.80. The second kappa shape index (κ2) is 4.67. The summed E-state index contributed by atoms with van der Waals surface area (Å²) in [5.41, 5.74) is 0.663. The van der Waals surface area contributed by atoms with Crippen molar-refractivity contribution in [2.75, 3.05) is 5.32 Å². The highest BCUT2D eigenvalue weighted by molar-refractivity contribution is 6.29. The molecule has 0 bridgehead atoms. The van der Waals surface area contributed by atoms with Crippen molar-refractivity contribution in [1.82, 2.24) is 15.3 Å². The summed E-state index contributed by atoms with van der Waals surface area (Å²) in [7, 11) is 0. The summed E-state index contributed by atoms with van der Waals surface area (Å²) in [6.07, 6.45) is 0.859. The highest BCUT2D eigenvalue weighted by Gasteiger charge is 2.27. The van der Waals surface area contributed by atoms with Gasteiger partial charge in [-0.3, -0.25) is 14.9 Å². The van der Waals surface area contributed by atoms with Crippen LogP contribution in [0.5, 0.6) is 0 Å². The first-order valence-electron chi connectivity index (χ1n) is 5.16. The summed E-state index contributed by atoms with van der Waals surface area (Å²) in [5, 5.41) is 5.36. The van der Waals surface area contributed by atoms with E-state index >= 15 is 0 Å². The van der Waals surface area contributed by atoms with Gasteiger partial charge in [-0.15, -0.1) is 0 Å². The molecule has 1 aromatic heterocycles. The van der Waals surface area contributed by atoms with Crippen LogP contribution >= 0.6 is 11.6 Å². The average molecular weight is 255 g/mol. The Hall–Kier alpha value is -1.69. The number of aryl methyl sites for hydroxylation is 1. The van der Waals surface area contributed by atoms with E-state index in [1.807, 2.05) is 0 Å². The maximum absolute atomic E-state index is 11.7. The number of nitrogens with zero attached hydrogens (tertiary/aromatic N) is 2. The zero-order valence-electron chi connectivity index (χ0n) is 9.16. The Bertz CT molecular complexity index is 457. The van der Waals surface area contributed by atoms with Crippen LogP contribution in [0.15, 0.2) is 6.07 Å². The fraction of sp³-hybridized carbons (Fsp3) is 0.400. The molecule has 2 rings (SSSR count). The zero-order chi connectivity index (χ0) is 12.4. The fourth-order valence-electron chi connectivity index (χ4n) is 1.59. The lowest BCUT2D eigenvalue weighted by Crippen LogP contribution is -2.37. The van der Waals surface area contributed by atoms with Crippen LogP contribution in [-0.4, -0.2) is 27.8 Å². The predicted molar refractivity (Wildman–Crippen MR) is 61.6 cm³/mol. The maximum Gasteiger partial charge on any atom is 0.249 e. The number of rotatable bonds is 2. The van der Waals surface area contributed by atoms with Crippen LogP contribution in [0.2, 0.25) is 5.15 Å². The number of carbonyl (C=O) groups is 2. The minimum Gasteiger partial charge on any atom is -0.344 e. The normalized spacial score (nSPS) is 18.9. The van der Waals surface area contributed by atoms with Crippen molar-refractivity contribution in [2.24, 2.45) is 0 Å². The molecule has 0 radical (unpaired) electrons. The number of anilines is 1. The second-order valence-corrected chi connectivity index (χ2v) is 4.19. The standard InChI is InChI=1S/C10H11ClN4O2/c1-5-4-7(11)14-10(12-5)15-9(17)6-2-3-8(16)13-6/h4,6H,2-3H2,1H3,(H,13,16)(H,12,14,15,17). The van der Waals surface area contributed by atoms with Crippen LogP contribution in [0, 0.1) is 6.92 Å². The molecule has 1 unspecified atom stereocenters. The maximum atomic E-state index is 11.7. The molecule has 0 saturated carbocycles. The molecule has 1 aliphatic heterocycles. The van der Waals surface area contributed by atoms with Crippen LogP contribution in [0.3, 0.4) is 0 Å². The van der Waals surface area contributed by atoms with E-state index in [1.165, 1.54) is 0 Å². The summed E-state index contributed by atoms with van der Waals surface area (Å²) in [6, 6.07) is 1.08. The van der Waals surface area contributed by atoms with Gasteiger partial charge in [0.2, 0.25) is 17.8 Å². The first-order chi connectivity index (χ1) is 8.04. The number of carbonyl (C=O) groups excluding carboxylic acids is 2. The molecule has 0 spiro atoms. The number of halogens is 1. The van der Waals surface area contributed by atoms with E-state index in [9.17, 15) is 9.59 Å². The minimum absolute atomic E-state index is 0.117. The molecule has 1 saturated heterocycles. The van der Waals surface area contributed by atoms with Gasteiger partial charge in [0.05, 0.1) is 0 Å². The Morgan fingerprint density at radius 1 is 1.59 bits per heavy atom. The molecule has 0 aliphatic carbocycles. The molecule has 2 amide bonds. The van der Waals surface area contributed by atoms with Gasteiger partial charge < -0.3 is 5.32 Å².